The Morgan fingerprint density at radius 3 is 1.63 bits per heavy atom. The Morgan fingerprint density at radius 1 is 0.500 bits per heavy atom. The molecule has 0 atom stereocenters. The van der Waals surface area contributed by atoms with E-state index in [-0.39, 0.29) is 0 Å². The number of dihydropyridines is 1. The van der Waals surface area contributed by atoms with Gasteiger partial charge in [-0.3, -0.25) is 9.13 Å². The highest BCUT2D eigenvalue weighted by Crippen LogP contribution is 2.51. The van der Waals surface area contributed by atoms with E-state index in [1.165, 1.54) is 99.2 Å². The minimum Gasteiger partial charge on any atom is -0.368 e. The van der Waals surface area contributed by atoms with Gasteiger partial charge in [0.15, 0.2) is 0 Å². The zero-order valence-corrected chi connectivity index (χ0v) is 29.8. The Morgan fingerprint density at radius 2 is 1.07 bits per heavy atom. The Labute approximate surface area is 313 Å². The third-order valence-corrected chi connectivity index (χ3v) is 12.1. The number of rotatable bonds is 4. The molecule has 1 aliphatic heterocycles. The lowest BCUT2D eigenvalue weighted by molar-refractivity contribution is 0.876. The number of hydrogen-bond donors (Lipinski definition) is 1. The summed E-state index contributed by atoms with van der Waals surface area (Å²) in [5.41, 5.74) is 18.9. The molecule has 3 aromatic heterocycles. The highest BCUT2D eigenvalue weighted by atomic mass is 15.1. The van der Waals surface area contributed by atoms with Gasteiger partial charge in [0.25, 0.3) is 0 Å². The first-order chi connectivity index (χ1) is 26.8. The molecule has 12 rings (SSSR count). The molecule has 0 radical (unpaired) electrons. The zero-order valence-electron chi connectivity index (χ0n) is 29.8. The van der Waals surface area contributed by atoms with E-state index >= 15 is 0 Å². The van der Waals surface area contributed by atoms with E-state index in [0.29, 0.717) is 0 Å². The van der Waals surface area contributed by atoms with Crippen molar-refractivity contribution >= 4 is 49.4 Å². The first kappa shape index (κ1) is 29.9. The second-order valence-electron chi connectivity index (χ2n) is 15.0. The molecule has 54 heavy (non-hydrogen) atoms. The van der Waals surface area contributed by atoms with E-state index in [0.717, 1.165) is 43.9 Å². The molecule has 0 saturated carbocycles. The van der Waals surface area contributed by atoms with Crippen molar-refractivity contribution in [2.75, 3.05) is 6.54 Å². The molecule has 0 amide bonds. The third-order valence-electron chi connectivity index (χ3n) is 12.1. The fraction of sp³-hybridized carbons (Fsp3) is 0.100. The van der Waals surface area contributed by atoms with Gasteiger partial charge in [-0.25, -0.2) is 4.98 Å². The van der Waals surface area contributed by atoms with Crippen molar-refractivity contribution in [3.63, 3.8) is 0 Å². The van der Waals surface area contributed by atoms with E-state index in [1.54, 1.807) is 0 Å². The monoisotopic (exact) mass is 692 g/mol. The van der Waals surface area contributed by atoms with Gasteiger partial charge >= 0.3 is 0 Å². The molecule has 0 spiro atoms. The molecule has 4 nitrogen and oxygen atoms in total. The van der Waals surface area contributed by atoms with E-state index in [4.69, 9.17) is 4.98 Å². The molecular weight excluding hydrogens is 657 g/mol. The molecule has 1 N–H and O–H groups in total. The van der Waals surface area contributed by atoms with Gasteiger partial charge in [-0.1, -0.05) is 91.0 Å². The highest BCUT2D eigenvalue weighted by Gasteiger charge is 2.33. The van der Waals surface area contributed by atoms with Crippen LogP contribution in [0, 0.1) is 0 Å². The molecule has 6 aromatic carbocycles. The second-order valence-corrected chi connectivity index (χ2v) is 15.0. The minimum atomic E-state index is 0.824. The number of aryl methyl sites for hydroxylation is 4. The fourth-order valence-corrected chi connectivity index (χ4v) is 9.86. The van der Waals surface area contributed by atoms with E-state index in [2.05, 4.69) is 154 Å². The van der Waals surface area contributed by atoms with Gasteiger partial charge in [-0.2, -0.15) is 0 Å². The van der Waals surface area contributed by atoms with Crippen molar-refractivity contribution in [1.82, 2.24) is 19.4 Å². The third kappa shape index (κ3) is 4.22. The quantitative estimate of drug-likeness (QED) is 0.199. The molecule has 0 unspecified atom stereocenters. The Kier molecular flexibility index (Phi) is 6.32. The number of aromatic nitrogens is 3. The second kappa shape index (κ2) is 11.4. The summed E-state index contributed by atoms with van der Waals surface area (Å²) in [6.07, 6.45) is 12.6. The summed E-state index contributed by atoms with van der Waals surface area (Å²) in [7, 11) is 0. The smallest absolute Gasteiger partial charge is 0.137 e. The average Bonchev–Trinajstić information content (AvgIpc) is 3.75. The normalized spacial score (nSPS) is 14.5. The van der Waals surface area contributed by atoms with Crippen LogP contribution in [0.4, 0.5) is 0 Å². The average molecular weight is 693 g/mol. The molecule has 256 valence electrons. The van der Waals surface area contributed by atoms with Gasteiger partial charge < -0.3 is 5.32 Å². The lowest BCUT2D eigenvalue weighted by atomic mass is 9.74. The summed E-state index contributed by atoms with van der Waals surface area (Å²) in [5, 5.41) is 9.03. The van der Waals surface area contributed by atoms with Gasteiger partial charge in [0.05, 0.1) is 22.1 Å². The van der Waals surface area contributed by atoms with Crippen LogP contribution in [0.2, 0.25) is 0 Å². The topological polar surface area (TPSA) is 34.8 Å². The minimum absolute atomic E-state index is 0.824. The van der Waals surface area contributed by atoms with Gasteiger partial charge in [0, 0.05) is 34.3 Å². The largest absolute Gasteiger partial charge is 0.368 e. The first-order valence-electron chi connectivity index (χ1n) is 19.2. The van der Waals surface area contributed by atoms with Gasteiger partial charge in [0.1, 0.15) is 11.6 Å². The molecule has 3 aliphatic rings. The van der Waals surface area contributed by atoms with Crippen molar-refractivity contribution in [3.8, 4) is 39.2 Å². The van der Waals surface area contributed by atoms with Gasteiger partial charge in [-0.05, 0) is 136 Å². The number of hydrogen-bond acceptors (Lipinski definition) is 2. The maximum Gasteiger partial charge on any atom is 0.137 e. The predicted molar refractivity (Wildman–Crippen MR) is 224 cm³/mol. The number of fused-ring (bicyclic) bond motifs is 8. The van der Waals surface area contributed by atoms with Crippen LogP contribution in [0.3, 0.4) is 0 Å². The predicted octanol–water partition coefficient (Wildman–Crippen LogP) is 11.4. The van der Waals surface area contributed by atoms with Crippen LogP contribution in [-0.2, 0) is 25.7 Å². The van der Waals surface area contributed by atoms with Crippen molar-refractivity contribution in [3.05, 3.63) is 174 Å². The van der Waals surface area contributed by atoms with E-state index in [9.17, 15) is 0 Å². The highest BCUT2D eigenvalue weighted by molar-refractivity contribution is 6.17. The molecule has 4 heteroatoms. The van der Waals surface area contributed by atoms with Crippen molar-refractivity contribution in [2.45, 2.75) is 25.7 Å². The zero-order chi connectivity index (χ0) is 35.3. The lowest BCUT2D eigenvalue weighted by Gasteiger charge is -2.31. The van der Waals surface area contributed by atoms with Crippen molar-refractivity contribution in [2.24, 2.45) is 0 Å². The summed E-state index contributed by atoms with van der Waals surface area (Å²) in [6.45, 7) is 0.824. The Bertz CT molecular complexity index is 3070. The van der Waals surface area contributed by atoms with Crippen LogP contribution in [0.25, 0.3) is 88.6 Å². The van der Waals surface area contributed by atoms with Crippen LogP contribution in [0.1, 0.15) is 22.3 Å². The molecular formula is C50H36N4. The number of nitrogens with zero attached hydrogens (tertiary/aromatic N) is 3. The van der Waals surface area contributed by atoms with Gasteiger partial charge in [0.2, 0.25) is 0 Å². The first-order valence-corrected chi connectivity index (χ1v) is 19.2. The van der Waals surface area contributed by atoms with Crippen LogP contribution >= 0.6 is 0 Å². The van der Waals surface area contributed by atoms with Crippen LogP contribution < -0.4 is 5.32 Å². The summed E-state index contributed by atoms with van der Waals surface area (Å²) < 4.78 is 4.96. The number of pyridine rings is 1. The summed E-state index contributed by atoms with van der Waals surface area (Å²) in [4.78, 5) is 4.95. The summed E-state index contributed by atoms with van der Waals surface area (Å²) in [6, 6.07) is 47.0. The van der Waals surface area contributed by atoms with Crippen LogP contribution in [-0.4, -0.2) is 20.7 Å². The lowest BCUT2D eigenvalue weighted by Crippen LogP contribution is -2.21. The Hall–Kier alpha value is -6.65. The molecule has 2 aliphatic carbocycles. The van der Waals surface area contributed by atoms with E-state index in [1.807, 2.05) is 12.3 Å². The number of benzene rings is 6. The summed E-state index contributed by atoms with van der Waals surface area (Å²) >= 11 is 0. The maximum atomic E-state index is 4.95. The van der Waals surface area contributed by atoms with Gasteiger partial charge in [-0.15, -0.1) is 0 Å². The SMILES string of the molecule is C1=CCNC(n2c3ccc(-c4ccccc4)cc3c3cc4c5c(c32)CCc2cc3c6cc(-c7ccccc7)ccc6n(-c6ccccn6)c3c(c2-5)CC4)=C1. The number of nitrogens with one attached hydrogen (secondary N) is 1. The molecule has 9 aromatic rings. The standard InChI is InChI=1S/C50H36N4/c1-3-11-31(12-4-1)33-19-23-43-39(27-33)41-29-35-17-22-38-48-36(18-21-37(47(35)48)49(41)53(43)45-15-7-9-25-51-45)30-42-40-28-34(32-13-5-2-6-14-32)20-24-44(40)54(50(38)42)46-16-8-10-26-52-46/h1-16,19-20,23-25,27-30,52H,17-18,21-22,26H2. The number of allylic oxidation sites excluding steroid dienone is 2. The molecule has 0 fully saturated rings. The maximum absolute atomic E-state index is 4.95. The van der Waals surface area contributed by atoms with Crippen LogP contribution in [0.15, 0.2) is 152 Å². The molecule has 0 saturated heterocycles. The van der Waals surface area contributed by atoms with Crippen LogP contribution in [0.5, 0.6) is 0 Å². The molecule has 4 heterocycles. The van der Waals surface area contributed by atoms with Crippen molar-refractivity contribution in [1.29, 1.82) is 0 Å². The summed E-state index contributed by atoms with van der Waals surface area (Å²) in [5.74, 6) is 2.11. The van der Waals surface area contributed by atoms with Crippen molar-refractivity contribution < 1.29 is 0 Å². The molecule has 0 bridgehead atoms. The van der Waals surface area contributed by atoms with E-state index < -0.39 is 0 Å². The fourth-order valence-electron chi connectivity index (χ4n) is 9.86. The Balaban J connectivity index is 1.17.